The summed E-state index contributed by atoms with van der Waals surface area (Å²) < 4.78 is 4.96. The molecule has 9 aromatic rings. The molecule has 0 amide bonds. The van der Waals surface area contributed by atoms with E-state index in [1.807, 2.05) is 25.6 Å². The highest BCUT2D eigenvalue weighted by Crippen LogP contribution is 2.55. The van der Waals surface area contributed by atoms with Crippen LogP contribution in [-0.2, 0) is 0 Å². The number of nitrogens with zero attached hydrogens (tertiary/aromatic N) is 3. The Bertz CT molecular complexity index is 3100. The van der Waals surface area contributed by atoms with E-state index in [0.29, 0.717) is 0 Å². The van der Waals surface area contributed by atoms with Crippen LogP contribution in [0, 0.1) is 0 Å². The number of aromatic nitrogens is 2. The molecule has 11 rings (SSSR count). The molecule has 0 atom stereocenters. The molecular formula is C55H45N3S. The van der Waals surface area contributed by atoms with Crippen LogP contribution in [-0.4, -0.2) is 9.13 Å². The lowest BCUT2D eigenvalue weighted by Crippen LogP contribution is -2.12. The number of fused-ring (bicyclic) bond motifs is 12. The van der Waals surface area contributed by atoms with Crippen LogP contribution in [0.15, 0.2) is 198 Å². The summed E-state index contributed by atoms with van der Waals surface area (Å²) in [6, 6.07) is 64.5. The van der Waals surface area contributed by atoms with Gasteiger partial charge >= 0.3 is 0 Å². The Hall–Kier alpha value is -6.75. The van der Waals surface area contributed by atoms with Crippen LogP contribution < -0.4 is 4.90 Å². The summed E-state index contributed by atoms with van der Waals surface area (Å²) in [7, 11) is 0. The van der Waals surface area contributed by atoms with Crippen LogP contribution >= 0.6 is 11.8 Å². The van der Waals surface area contributed by atoms with E-state index in [1.54, 1.807) is 0 Å². The minimum atomic E-state index is 0.982. The normalized spacial score (nSPS) is 12.9. The number of anilines is 3. The lowest BCUT2D eigenvalue weighted by molar-refractivity contribution is 1.12. The summed E-state index contributed by atoms with van der Waals surface area (Å²) in [5, 5.41) is 2.50. The molecule has 4 heterocycles. The van der Waals surface area contributed by atoms with Crippen molar-refractivity contribution < 1.29 is 0 Å². The number of para-hydroxylation sites is 5. The third kappa shape index (κ3) is 5.81. The fraction of sp³-hybridized carbons (Fsp3) is 0.0909. The smallest absolute Gasteiger partial charge is 0.0641 e. The summed E-state index contributed by atoms with van der Waals surface area (Å²) in [6.45, 7) is 8.48. The molecule has 0 aliphatic carbocycles. The van der Waals surface area contributed by atoms with Crippen molar-refractivity contribution >= 4 is 56.2 Å². The molecule has 0 bridgehead atoms. The summed E-state index contributed by atoms with van der Waals surface area (Å²) >= 11 is 1.88. The number of allylic oxidation sites excluding steroid dienone is 4. The Balaban J connectivity index is 0.00000207. The zero-order chi connectivity index (χ0) is 40.0. The van der Waals surface area contributed by atoms with Crippen molar-refractivity contribution in [2.24, 2.45) is 0 Å². The third-order valence-corrected chi connectivity index (χ3v) is 12.6. The maximum atomic E-state index is 2.51. The highest BCUT2D eigenvalue weighted by atomic mass is 32.2. The molecule has 2 aliphatic heterocycles. The quantitative estimate of drug-likeness (QED) is 0.173. The van der Waals surface area contributed by atoms with Gasteiger partial charge in [-0.15, -0.1) is 0 Å². The number of thioether (sulfide) groups is 1. The first-order chi connectivity index (χ1) is 29.2. The van der Waals surface area contributed by atoms with E-state index >= 15 is 0 Å². The number of hydrogen-bond acceptors (Lipinski definition) is 2. The van der Waals surface area contributed by atoms with Crippen LogP contribution in [0.4, 0.5) is 17.1 Å². The topological polar surface area (TPSA) is 13.1 Å². The van der Waals surface area contributed by atoms with Crippen LogP contribution in [0.2, 0.25) is 0 Å². The Morgan fingerprint density at radius 2 is 1.02 bits per heavy atom. The molecule has 286 valence electrons. The Morgan fingerprint density at radius 1 is 0.492 bits per heavy atom. The van der Waals surface area contributed by atoms with E-state index in [0.717, 1.165) is 34.9 Å². The standard InChI is InChI=1S/C53H39N3S.C2H6/c1-3-4-23-39-35(2)57-49-33-17-12-28-44(49)53-50(39)41-25-9-15-31-47(41)56(53)38-22-18-21-37(34-38)54-45-29-13-8-24-40(45)51-42-26-10-14-30-46(42)55(36-19-6-5-7-20-36)52(51)43-27-11-16-32-48(43)54;1-2/h4-34H,3H2,1-2H3;1-2H3/b23-4-;. The second-order valence-corrected chi connectivity index (χ2v) is 16.0. The van der Waals surface area contributed by atoms with Gasteiger partial charge in [0.05, 0.1) is 33.8 Å². The van der Waals surface area contributed by atoms with Gasteiger partial charge in [0.15, 0.2) is 0 Å². The van der Waals surface area contributed by atoms with E-state index < -0.39 is 0 Å². The van der Waals surface area contributed by atoms with Crippen molar-refractivity contribution in [1.29, 1.82) is 0 Å². The van der Waals surface area contributed by atoms with Gasteiger partial charge in [-0.3, -0.25) is 0 Å². The molecule has 0 spiro atoms. The van der Waals surface area contributed by atoms with Gasteiger partial charge in [0, 0.05) is 60.5 Å². The van der Waals surface area contributed by atoms with Gasteiger partial charge in [0.25, 0.3) is 0 Å². The lowest BCUT2D eigenvalue weighted by atomic mass is 9.97. The molecule has 7 aromatic carbocycles. The fourth-order valence-electron chi connectivity index (χ4n) is 9.16. The summed E-state index contributed by atoms with van der Waals surface area (Å²) in [4.78, 5) is 5.06. The largest absolute Gasteiger partial charge is 0.309 e. The van der Waals surface area contributed by atoms with Crippen molar-refractivity contribution in [3.8, 4) is 45.0 Å². The number of hydrogen-bond donors (Lipinski definition) is 0. The average molecular weight is 780 g/mol. The van der Waals surface area contributed by atoms with Gasteiger partial charge < -0.3 is 14.0 Å². The first kappa shape index (κ1) is 36.6. The highest BCUT2D eigenvalue weighted by Gasteiger charge is 2.32. The zero-order valence-corrected chi connectivity index (χ0v) is 34.7. The van der Waals surface area contributed by atoms with Gasteiger partial charge in [0.1, 0.15) is 0 Å². The van der Waals surface area contributed by atoms with Crippen LogP contribution in [0.3, 0.4) is 0 Å². The van der Waals surface area contributed by atoms with E-state index in [9.17, 15) is 0 Å². The van der Waals surface area contributed by atoms with Crippen LogP contribution in [0.25, 0.3) is 72.4 Å². The zero-order valence-electron chi connectivity index (χ0n) is 33.9. The molecule has 0 fully saturated rings. The van der Waals surface area contributed by atoms with E-state index in [4.69, 9.17) is 0 Å². The predicted molar refractivity (Wildman–Crippen MR) is 254 cm³/mol. The maximum Gasteiger partial charge on any atom is 0.0641 e. The van der Waals surface area contributed by atoms with Gasteiger partial charge in [-0.25, -0.2) is 0 Å². The second kappa shape index (κ2) is 15.2. The molecule has 59 heavy (non-hydrogen) atoms. The first-order valence-electron chi connectivity index (χ1n) is 20.8. The molecule has 0 N–H and O–H groups in total. The minimum Gasteiger partial charge on any atom is -0.309 e. The molecular weight excluding hydrogens is 735 g/mol. The minimum absolute atomic E-state index is 0.982. The van der Waals surface area contributed by atoms with Crippen molar-refractivity contribution in [2.45, 2.75) is 39.0 Å². The summed E-state index contributed by atoms with van der Waals surface area (Å²) in [5.41, 5.74) is 18.0. The molecule has 4 heteroatoms. The Labute approximate surface area is 351 Å². The van der Waals surface area contributed by atoms with Gasteiger partial charge in [-0.1, -0.05) is 160 Å². The van der Waals surface area contributed by atoms with Crippen molar-refractivity contribution in [2.75, 3.05) is 4.90 Å². The van der Waals surface area contributed by atoms with Crippen LogP contribution in [0.1, 0.15) is 39.7 Å². The second-order valence-electron chi connectivity index (χ2n) is 14.8. The molecule has 0 saturated heterocycles. The highest BCUT2D eigenvalue weighted by molar-refractivity contribution is 8.03. The Morgan fingerprint density at radius 3 is 1.75 bits per heavy atom. The summed E-state index contributed by atoms with van der Waals surface area (Å²) in [5.74, 6) is 0. The lowest BCUT2D eigenvalue weighted by Gasteiger charge is -2.28. The molecule has 2 aliphatic rings. The first-order valence-corrected chi connectivity index (χ1v) is 21.6. The monoisotopic (exact) mass is 779 g/mol. The van der Waals surface area contributed by atoms with Crippen molar-refractivity contribution in [3.63, 3.8) is 0 Å². The number of benzene rings is 7. The molecule has 2 aromatic heterocycles. The van der Waals surface area contributed by atoms with E-state index in [2.05, 4.69) is 216 Å². The van der Waals surface area contributed by atoms with Crippen molar-refractivity contribution in [3.05, 3.63) is 199 Å². The predicted octanol–water partition coefficient (Wildman–Crippen LogP) is 16.2. The van der Waals surface area contributed by atoms with Gasteiger partial charge in [0.2, 0.25) is 0 Å². The Kier molecular flexibility index (Phi) is 9.43. The molecule has 0 unspecified atom stereocenters. The molecule has 0 saturated carbocycles. The molecule has 0 radical (unpaired) electrons. The van der Waals surface area contributed by atoms with Crippen molar-refractivity contribution in [1.82, 2.24) is 9.13 Å². The summed E-state index contributed by atoms with van der Waals surface area (Å²) in [6.07, 6.45) is 5.62. The fourth-order valence-corrected chi connectivity index (χ4v) is 10.2. The molecule has 3 nitrogen and oxygen atoms in total. The van der Waals surface area contributed by atoms with Crippen LogP contribution in [0.5, 0.6) is 0 Å². The number of rotatable bonds is 5. The average Bonchev–Trinajstić information content (AvgIpc) is 3.73. The van der Waals surface area contributed by atoms with Gasteiger partial charge in [-0.2, -0.15) is 0 Å². The van der Waals surface area contributed by atoms with E-state index in [-0.39, 0.29) is 0 Å². The van der Waals surface area contributed by atoms with E-state index in [1.165, 1.54) is 76.4 Å². The van der Waals surface area contributed by atoms with Gasteiger partial charge in [-0.05, 0) is 84.5 Å². The maximum absolute atomic E-state index is 2.51. The SMILES string of the molecule is CC.CC/C=C\C1=C(C)Sc2ccccc2-c2c1c1ccccc1n2-c1cccc(N2c3ccccc3-c3c(n(-c4ccccc4)c4ccccc34)-c3ccccc32)c1. The third-order valence-electron chi connectivity index (χ3n) is 11.5.